The largest absolute Gasteiger partial charge is 0.367 e. The fourth-order valence-electron chi connectivity index (χ4n) is 2.87. The van der Waals surface area contributed by atoms with Gasteiger partial charge in [0.15, 0.2) is 0 Å². The molecule has 2 aromatic rings. The number of rotatable bonds is 3. The van der Waals surface area contributed by atoms with Gasteiger partial charge >= 0.3 is 0 Å². The summed E-state index contributed by atoms with van der Waals surface area (Å²) in [6.07, 6.45) is -0.0953. The zero-order valence-electron chi connectivity index (χ0n) is 12.8. The van der Waals surface area contributed by atoms with Crippen molar-refractivity contribution in [3.63, 3.8) is 0 Å². The van der Waals surface area contributed by atoms with Crippen LogP contribution in [0, 0.1) is 20.8 Å². The first-order chi connectivity index (χ1) is 10.1. The molecule has 0 radical (unpaired) electrons. The maximum absolute atomic E-state index is 5.77. The molecule has 2 heterocycles. The highest BCUT2D eigenvalue weighted by Crippen LogP contribution is 2.21. The highest BCUT2D eigenvalue weighted by Gasteiger charge is 2.25. The van der Waals surface area contributed by atoms with Gasteiger partial charge < -0.3 is 9.26 Å². The van der Waals surface area contributed by atoms with Crippen molar-refractivity contribution in [2.75, 3.05) is 19.7 Å². The highest BCUT2D eigenvalue weighted by atomic mass is 16.5. The van der Waals surface area contributed by atoms with Crippen molar-refractivity contribution in [1.29, 1.82) is 0 Å². The molecule has 5 heteroatoms. The Bertz CT molecular complexity index is 603. The van der Waals surface area contributed by atoms with Crippen molar-refractivity contribution in [1.82, 2.24) is 15.0 Å². The van der Waals surface area contributed by atoms with Gasteiger partial charge in [-0.25, -0.2) is 0 Å². The summed E-state index contributed by atoms with van der Waals surface area (Å²) in [6, 6.07) is 6.69. The quantitative estimate of drug-likeness (QED) is 0.868. The molecule has 1 fully saturated rings. The lowest BCUT2D eigenvalue weighted by atomic mass is 10.1. The van der Waals surface area contributed by atoms with E-state index in [1.165, 1.54) is 16.7 Å². The Hall–Kier alpha value is -1.72. The first kappa shape index (κ1) is 14.2. The van der Waals surface area contributed by atoms with Crippen LogP contribution in [0.3, 0.4) is 0 Å². The molecule has 0 saturated carbocycles. The Labute approximate surface area is 124 Å². The van der Waals surface area contributed by atoms with Gasteiger partial charge in [-0.2, -0.15) is 4.98 Å². The van der Waals surface area contributed by atoms with Gasteiger partial charge in [0.1, 0.15) is 6.10 Å². The molecule has 5 nitrogen and oxygen atoms in total. The van der Waals surface area contributed by atoms with Gasteiger partial charge in [-0.15, -0.1) is 0 Å². The van der Waals surface area contributed by atoms with Crippen molar-refractivity contribution >= 4 is 0 Å². The Morgan fingerprint density at radius 2 is 1.95 bits per heavy atom. The molecular weight excluding hydrogens is 266 g/mol. The molecule has 0 amide bonds. The lowest BCUT2D eigenvalue weighted by Gasteiger charge is -2.31. The maximum atomic E-state index is 5.77. The zero-order valence-corrected chi connectivity index (χ0v) is 12.8. The van der Waals surface area contributed by atoms with Crippen LogP contribution in [0.15, 0.2) is 22.7 Å². The third-order valence-corrected chi connectivity index (χ3v) is 3.67. The van der Waals surface area contributed by atoms with Crippen molar-refractivity contribution < 1.29 is 9.26 Å². The number of hydrogen-bond donors (Lipinski definition) is 0. The SMILES string of the molecule is Cc1cc(C)cc(CN2CCO[C@@H](c3noc(C)n3)C2)c1. The van der Waals surface area contributed by atoms with E-state index in [4.69, 9.17) is 9.26 Å². The summed E-state index contributed by atoms with van der Waals surface area (Å²) < 4.78 is 10.8. The first-order valence-electron chi connectivity index (χ1n) is 7.31. The molecule has 0 aliphatic carbocycles. The molecule has 0 N–H and O–H groups in total. The summed E-state index contributed by atoms with van der Waals surface area (Å²) >= 11 is 0. The van der Waals surface area contributed by atoms with Gasteiger partial charge in [-0.05, 0) is 19.4 Å². The fraction of sp³-hybridized carbons (Fsp3) is 0.500. The summed E-state index contributed by atoms with van der Waals surface area (Å²) in [7, 11) is 0. The summed E-state index contributed by atoms with van der Waals surface area (Å²) in [6.45, 7) is 9.43. The normalized spacial score (nSPS) is 19.9. The van der Waals surface area contributed by atoms with E-state index in [-0.39, 0.29) is 6.10 Å². The molecule has 1 saturated heterocycles. The fourth-order valence-corrected chi connectivity index (χ4v) is 2.87. The summed E-state index contributed by atoms with van der Waals surface area (Å²) in [5, 5.41) is 3.97. The van der Waals surface area contributed by atoms with E-state index in [0.717, 1.165) is 19.6 Å². The third kappa shape index (κ3) is 3.49. The number of morpholine rings is 1. The maximum Gasteiger partial charge on any atom is 0.223 e. The zero-order chi connectivity index (χ0) is 14.8. The average molecular weight is 287 g/mol. The van der Waals surface area contributed by atoms with Crippen LogP contribution in [-0.2, 0) is 11.3 Å². The second-order valence-electron chi connectivity index (χ2n) is 5.76. The van der Waals surface area contributed by atoms with Crippen molar-refractivity contribution in [2.24, 2.45) is 0 Å². The van der Waals surface area contributed by atoms with Crippen molar-refractivity contribution in [3.05, 3.63) is 46.6 Å². The highest BCUT2D eigenvalue weighted by molar-refractivity contribution is 5.28. The molecule has 0 bridgehead atoms. The van der Waals surface area contributed by atoms with E-state index in [9.17, 15) is 0 Å². The van der Waals surface area contributed by atoms with Gasteiger partial charge in [0.25, 0.3) is 0 Å². The number of hydrogen-bond acceptors (Lipinski definition) is 5. The lowest BCUT2D eigenvalue weighted by molar-refractivity contribution is -0.0380. The molecule has 0 unspecified atom stereocenters. The van der Waals surface area contributed by atoms with Crippen LogP contribution in [0.25, 0.3) is 0 Å². The van der Waals surface area contributed by atoms with Crippen LogP contribution in [-0.4, -0.2) is 34.7 Å². The summed E-state index contributed by atoms with van der Waals surface area (Å²) in [5.41, 5.74) is 3.96. The van der Waals surface area contributed by atoms with Crippen LogP contribution in [0.4, 0.5) is 0 Å². The summed E-state index contributed by atoms with van der Waals surface area (Å²) in [4.78, 5) is 6.66. The standard InChI is InChI=1S/C16H21N3O2/c1-11-6-12(2)8-14(7-11)9-19-4-5-20-15(10-19)16-17-13(3)21-18-16/h6-8,15H,4-5,9-10H2,1-3H3/t15-/m1/s1. The number of aryl methyl sites for hydroxylation is 3. The van der Waals surface area contributed by atoms with Crippen molar-refractivity contribution in [3.8, 4) is 0 Å². The molecule has 0 spiro atoms. The van der Waals surface area contributed by atoms with E-state index >= 15 is 0 Å². The third-order valence-electron chi connectivity index (χ3n) is 3.67. The van der Waals surface area contributed by atoms with Gasteiger partial charge in [0, 0.05) is 26.6 Å². The molecule has 21 heavy (non-hydrogen) atoms. The number of benzene rings is 1. The second kappa shape index (κ2) is 5.95. The predicted octanol–water partition coefficient (Wildman–Crippen LogP) is 2.57. The average Bonchev–Trinajstić information content (AvgIpc) is 2.84. The van der Waals surface area contributed by atoms with Crippen LogP contribution in [0.5, 0.6) is 0 Å². The molecule has 1 aromatic carbocycles. The minimum absolute atomic E-state index is 0.0953. The van der Waals surface area contributed by atoms with Gasteiger partial charge in [0.05, 0.1) is 6.61 Å². The lowest BCUT2D eigenvalue weighted by Crippen LogP contribution is -2.38. The van der Waals surface area contributed by atoms with E-state index in [1.807, 2.05) is 0 Å². The molecule has 1 aliphatic heterocycles. The van der Waals surface area contributed by atoms with E-state index in [1.54, 1.807) is 6.92 Å². The second-order valence-corrected chi connectivity index (χ2v) is 5.76. The Morgan fingerprint density at radius 3 is 2.62 bits per heavy atom. The van der Waals surface area contributed by atoms with E-state index in [0.29, 0.717) is 18.3 Å². The van der Waals surface area contributed by atoms with Crippen LogP contribution < -0.4 is 0 Å². The Kier molecular flexibility index (Phi) is 4.03. The minimum atomic E-state index is -0.0953. The molecule has 3 rings (SSSR count). The molecular formula is C16H21N3O2. The first-order valence-corrected chi connectivity index (χ1v) is 7.31. The Morgan fingerprint density at radius 1 is 1.19 bits per heavy atom. The van der Waals surface area contributed by atoms with Gasteiger partial charge in [-0.1, -0.05) is 34.5 Å². The number of aromatic nitrogens is 2. The predicted molar refractivity (Wildman–Crippen MR) is 78.9 cm³/mol. The summed E-state index contributed by atoms with van der Waals surface area (Å²) in [5.74, 6) is 1.23. The van der Waals surface area contributed by atoms with E-state index < -0.39 is 0 Å². The number of nitrogens with zero attached hydrogens (tertiary/aromatic N) is 3. The topological polar surface area (TPSA) is 51.4 Å². The van der Waals surface area contributed by atoms with Gasteiger partial charge in [-0.3, -0.25) is 4.90 Å². The minimum Gasteiger partial charge on any atom is -0.367 e. The van der Waals surface area contributed by atoms with Gasteiger partial charge in [0.2, 0.25) is 11.7 Å². The molecule has 1 aliphatic rings. The van der Waals surface area contributed by atoms with Crippen LogP contribution in [0.2, 0.25) is 0 Å². The molecule has 1 atom stereocenters. The van der Waals surface area contributed by atoms with Crippen LogP contribution >= 0.6 is 0 Å². The molecule has 112 valence electrons. The monoisotopic (exact) mass is 287 g/mol. The van der Waals surface area contributed by atoms with Crippen LogP contribution in [0.1, 0.15) is 34.5 Å². The van der Waals surface area contributed by atoms with E-state index in [2.05, 4.69) is 47.1 Å². The molecule has 1 aromatic heterocycles. The van der Waals surface area contributed by atoms with Crippen molar-refractivity contribution in [2.45, 2.75) is 33.4 Å². The smallest absolute Gasteiger partial charge is 0.223 e. The Balaban J connectivity index is 1.68. The number of ether oxygens (including phenoxy) is 1.